The van der Waals surface area contributed by atoms with Gasteiger partial charge in [-0.15, -0.1) is 0 Å². The topological polar surface area (TPSA) is 94.4 Å². The third-order valence-corrected chi connectivity index (χ3v) is 6.54. The second-order valence-corrected chi connectivity index (χ2v) is 9.21. The van der Waals surface area contributed by atoms with Crippen molar-refractivity contribution in [1.82, 2.24) is 20.2 Å². The molecule has 1 aromatic carbocycles. The summed E-state index contributed by atoms with van der Waals surface area (Å²) in [5.41, 5.74) is 1.53. The summed E-state index contributed by atoms with van der Waals surface area (Å²) in [5, 5.41) is 11.8. The maximum absolute atomic E-state index is 13.6. The number of alkyl halides is 3. The fraction of sp³-hybridized carbons (Fsp3) is 0.520. The Hall–Kier alpha value is -3.39. The predicted octanol–water partition coefficient (Wildman–Crippen LogP) is 3.17. The van der Waals surface area contributed by atoms with E-state index >= 15 is 0 Å². The molecular weight excluding hydrogens is 473 g/mol. The normalized spacial score (nSPS) is 19.2. The Bertz CT molecular complexity index is 1090. The Labute approximate surface area is 208 Å². The molecule has 192 valence electrons. The second kappa shape index (κ2) is 11.1. The van der Waals surface area contributed by atoms with Gasteiger partial charge in [-0.3, -0.25) is 4.79 Å². The van der Waals surface area contributed by atoms with Gasteiger partial charge in [-0.25, -0.2) is 4.98 Å². The Kier molecular flexibility index (Phi) is 7.94. The number of halogens is 3. The first kappa shape index (κ1) is 25.7. The van der Waals surface area contributed by atoms with Crippen molar-refractivity contribution in [2.75, 3.05) is 38.1 Å². The zero-order chi connectivity index (χ0) is 25.7. The molecule has 3 heterocycles. The van der Waals surface area contributed by atoms with Crippen molar-refractivity contribution in [2.24, 2.45) is 0 Å². The van der Waals surface area contributed by atoms with Gasteiger partial charge < -0.3 is 19.9 Å². The fourth-order valence-corrected chi connectivity index (χ4v) is 4.53. The fourth-order valence-electron chi connectivity index (χ4n) is 4.53. The lowest BCUT2D eigenvalue weighted by Gasteiger charge is -2.30. The molecule has 2 aromatic rings. The van der Waals surface area contributed by atoms with Crippen molar-refractivity contribution in [1.29, 1.82) is 5.26 Å². The van der Waals surface area contributed by atoms with Crippen LogP contribution in [0.25, 0.3) is 0 Å². The molecule has 1 amide bonds. The third kappa shape index (κ3) is 6.43. The van der Waals surface area contributed by atoms with Gasteiger partial charge in [0.1, 0.15) is 18.0 Å². The largest absolute Gasteiger partial charge is 0.474 e. The average molecular weight is 503 g/mol. The van der Waals surface area contributed by atoms with Crippen LogP contribution in [0.4, 0.5) is 19.0 Å². The minimum Gasteiger partial charge on any atom is -0.474 e. The zero-order valence-electron chi connectivity index (χ0n) is 20.1. The van der Waals surface area contributed by atoms with Gasteiger partial charge in [0.25, 0.3) is 0 Å². The van der Waals surface area contributed by atoms with Crippen LogP contribution >= 0.6 is 0 Å². The van der Waals surface area contributed by atoms with Gasteiger partial charge in [-0.05, 0) is 56.8 Å². The summed E-state index contributed by atoms with van der Waals surface area (Å²) in [6.45, 7) is 2.38. The summed E-state index contributed by atoms with van der Waals surface area (Å²) in [6, 6.07) is 9.94. The number of nitrogens with zero attached hydrogens (tertiary/aromatic N) is 5. The molecule has 1 aromatic heterocycles. The Morgan fingerprint density at radius 2 is 1.89 bits per heavy atom. The van der Waals surface area contributed by atoms with Crippen LogP contribution in [0.1, 0.15) is 42.6 Å². The lowest BCUT2D eigenvalue weighted by Crippen LogP contribution is -2.44. The molecule has 2 aliphatic heterocycles. The van der Waals surface area contributed by atoms with Crippen LogP contribution in [-0.4, -0.2) is 66.1 Å². The number of likely N-dealkylation sites (tertiary alicyclic amines) is 1. The molecule has 11 heteroatoms. The number of anilines is 1. The number of nitriles is 1. The Morgan fingerprint density at radius 3 is 2.56 bits per heavy atom. The summed E-state index contributed by atoms with van der Waals surface area (Å²) in [5.74, 6) is -1.60. The average Bonchev–Trinajstić information content (AvgIpc) is 3.35. The first-order chi connectivity index (χ1) is 17.2. The molecule has 36 heavy (non-hydrogen) atoms. The summed E-state index contributed by atoms with van der Waals surface area (Å²) in [4.78, 5) is 24.1. The maximum Gasteiger partial charge on any atom is 0.451 e. The van der Waals surface area contributed by atoms with E-state index in [-0.39, 0.29) is 23.7 Å². The summed E-state index contributed by atoms with van der Waals surface area (Å²) in [6.07, 6.45) is -1.81. The SMILES string of the molecule is CN1CCC(Oc2cc(N3CCCC3C(=O)NCCc3ccc(C#N)cc3)nc(C(F)(F)F)n2)CC1. The van der Waals surface area contributed by atoms with Crippen molar-refractivity contribution < 1.29 is 22.7 Å². The minimum atomic E-state index is -4.74. The van der Waals surface area contributed by atoms with Gasteiger partial charge in [0.05, 0.1) is 11.6 Å². The van der Waals surface area contributed by atoms with Crippen molar-refractivity contribution in [3.8, 4) is 11.9 Å². The van der Waals surface area contributed by atoms with Crippen LogP contribution in [0.2, 0.25) is 0 Å². The summed E-state index contributed by atoms with van der Waals surface area (Å²) >= 11 is 0. The molecule has 0 radical (unpaired) electrons. The summed E-state index contributed by atoms with van der Waals surface area (Å²) in [7, 11) is 1.99. The van der Waals surface area contributed by atoms with Gasteiger partial charge in [0.15, 0.2) is 0 Å². The Morgan fingerprint density at radius 1 is 1.17 bits per heavy atom. The molecule has 8 nitrogen and oxygen atoms in total. The van der Waals surface area contributed by atoms with Crippen LogP contribution in [0, 0.1) is 11.3 Å². The van der Waals surface area contributed by atoms with Gasteiger partial charge in [-0.1, -0.05) is 12.1 Å². The first-order valence-corrected chi connectivity index (χ1v) is 12.1. The van der Waals surface area contributed by atoms with E-state index < -0.39 is 18.0 Å². The molecule has 1 atom stereocenters. The minimum absolute atomic E-state index is 0.0463. The van der Waals surface area contributed by atoms with Crippen LogP contribution in [0.5, 0.6) is 5.88 Å². The zero-order valence-corrected chi connectivity index (χ0v) is 20.1. The molecular formula is C25H29F3N6O2. The van der Waals surface area contributed by atoms with Gasteiger partial charge in [0.2, 0.25) is 17.6 Å². The molecule has 2 aliphatic rings. The van der Waals surface area contributed by atoms with E-state index in [1.165, 1.54) is 6.07 Å². The van der Waals surface area contributed by atoms with E-state index in [0.29, 0.717) is 50.8 Å². The van der Waals surface area contributed by atoms with Crippen molar-refractivity contribution >= 4 is 11.7 Å². The van der Waals surface area contributed by atoms with Crippen LogP contribution < -0.4 is 15.0 Å². The summed E-state index contributed by atoms with van der Waals surface area (Å²) < 4.78 is 46.6. The lowest BCUT2D eigenvalue weighted by atomic mass is 10.1. The van der Waals surface area contributed by atoms with E-state index in [2.05, 4.69) is 26.3 Å². The van der Waals surface area contributed by atoms with Crippen LogP contribution in [-0.2, 0) is 17.4 Å². The number of piperidine rings is 1. The highest BCUT2D eigenvalue weighted by Crippen LogP contribution is 2.33. The standard InChI is InChI=1S/C25H29F3N6O2/c1-33-13-9-19(10-14-33)36-22-15-21(31-24(32-22)25(26,27)28)34-12-2-3-20(34)23(35)30-11-8-17-4-6-18(16-29)7-5-17/h4-7,15,19-20H,2-3,8-14H2,1H3,(H,30,35). The number of carbonyl (C=O) groups excluding carboxylic acids is 1. The molecule has 0 aliphatic carbocycles. The number of hydrogen-bond donors (Lipinski definition) is 1. The number of nitrogens with one attached hydrogen (secondary N) is 1. The van der Waals surface area contributed by atoms with Crippen LogP contribution in [0.15, 0.2) is 30.3 Å². The lowest BCUT2D eigenvalue weighted by molar-refractivity contribution is -0.145. The van der Waals surface area contributed by atoms with Crippen molar-refractivity contribution in [2.45, 2.75) is 50.4 Å². The highest BCUT2D eigenvalue weighted by molar-refractivity contribution is 5.85. The number of carbonyl (C=O) groups is 1. The van der Waals surface area contributed by atoms with E-state index in [0.717, 1.165) is 18.7 Å². The van der Waals surface area contributed by atoms with Crippen molar-refractivity contribution in [3.05, 3.63) is 47.3 Å². The highest BCUT2D eigenvalue weighted by atomic mass is 19.4. The molecule has 2 saturated heterocycles. The smallest absolute Gasteiger partial charge is 0.451 e. The molecule has 0 spiro atoms. The molecule has 1 N–H and O–H groups in total. The molecule has 2 fully saturated rings. The van der Waals surface area contributed by atoms with Gasteiger partial charge in [0, 0.05) is 32.2 Å². The van der Waals surface area contributed by atoms with E-state index in [1.54, 1.807) is 17.0 Å². The maximum atomic E-state index is 13.6. The second-order valence-electron chi connectivity index (χ2n) is 9.21. The van der Waals surface area contributed by atoms with E-state index in [9.17, 15) is 18.0 Å². The van der Waals surface area contributed by atoms with Crippen molar-refractivity contribution in [3.63, 3.8) is 0 Å². The molecule has 0 saturated carbocycles. The molecule has 4 rings (SSSR count). The Balaban J connectivity index is 1.45. The molecule has 0 bridgehead atoms. The van der Waals surface area contributed by atoms with Crippen LogP contribution in [0.3, 0.4) is 0 Å². The number of hydrogen-bond acceptors (Lipinski definition) is 7. The number of benzene rings is 1. The number of amides is 1. The highest BCUT2D eigenvalue weighted by Gasteiger charge is 2.38. The van der Waals surface area contributed by atoms with Gasteiger partial charge >= 0.3 is 6.18 Å². The van der Waals surface area contributed by atoms with E-state index in [4.69, 9.17) is 10.00 Å². The predicted molar refractivity (Wildman–Crippen MR) is 126 cm³/mol. The van der Waals surface area contributed by atoms with E-state index in [1.807, 2.05) is 19.2 Å². The quantitative estimate of drug-likeness (QED) is 0.622. The number of rotatable bonds is 7. The third-order valence-electron chi connectivity index (χ3n) is 6.54. The monoisotopic (exact) mass is 502 g/mol. The number of aromatic nitrogens is 2. The molecule has 1 unspecified atom stereocenters. The first-order valence-electron chi connectivity index (χ1n) is 12.1. The van der Waals surface area contributed by atoms with Gasteiger partial charge in [-0.2, -0.15) is 23.4 Å². The number of ether oxygens (including phenoxy) is 1.